The summed E-state index contributed by atoms with van der Waals surface area (Å²) in [5.41, 5.74) is 2.12. The van der Waals surface area contributed by atoms with E-state index in [9.17, 15) is 18.3 Å². The Bertz CT molecular complexity index is 1700. The zero-order valence-corrected chi connectivity index (χ0v) is 24.0. The Morgan fingerprint density at radius 2 is 1.95 bits per heavy atom. The van der Waals surface area contributed by atoms with E-state index >= 15 is 0 Å². The van der Waals surface area contributed by atoms with Crippen LogP contribution in [0.15, 0.2) is 70.6 Å². The fraction of sp³-hybridized carbons (Fsp3) is 0.250. The molecule has 40 heavy (non-hydrogen) atoms. The van der Waals surface area contributed by atoms with E-state index in [1.165, 1.54) is 23.9 Å². The molecule has 0 radical (unpaired) electrons. The number of aromatic amines is 1. The molecule has 2 aromatic heterocycles. The molecule has 208 valence electrons. The minimum Gasteiger partial charge on any atom is -0.485 e. The first-order valence-electron chi connectivity index (χ1n) is 12.4. The van der Waals surface area contributed by atoms with Crippen LogP contribution in [-0.4, -0.2) is 52.6 Å². The van der Waals surface area contributed by atoms with Gasteiger partial charge in [0.1, 0.15) is 34.1 Å². The molecular weight excluding hydrogens is 574 g/mol. The average Bonchev–Trinajstić information content (AvgIpc) is 3.55. The zero-order valence-electron chi connectivity index (χ0n) is 21.6. The zero-order chi connectivity index (χ0) is 28.4. The normalized spacial score (nSPS) is 16.1. The Kier molecular flexibility index (Phi) is 8.07. The Morgan fingerprint density at radius 1 is 1.18 bits per heavy atom. The van der Waals surface area contributed by atoms with Crippen molar-refractivity contribution >= 4 is 55.1 Å². The second-order valence-electron chi connectivity index (χ2n) is 9.31. The molecule has 0 bridgehead atoms. The number of carbonyl (C=O) groups is 1. The first-order chi connectivity index (χ1) is 19.1. The molecule has 0 aliphatic carbocycles. The van der Waals surface area contributed by atoms with Crippen molar-refractivity contribution in [2.45, 2.75) is 30.1 Å². The summed E-state index contributed by atoms with van der Waals surface area (Å²) in [7, 11) is -3.33. The van der Waals surface area contributed by atoms with Crippen LogP contribution in [0.1, 0.15) is 24.7 Å². The van der Waals surface area contributed by atoms with Crippen molar-refractivity contribution in [2.24, 2.45) is 10.9 Å². The third-order valence-corrected chi connectivity index (χ3v) is 9.11. The van der Waals surface area contributed by atoms with Gasteiger partial charge in [0.05, 0.1) is 34.3 Å². The minimum atomic E-state index is -3.33. The number of pyridine rings is 1. The van der Waals surface area contributed by atoms with Gasteiger partial charge in [-0.1, -0.05) is 36.4 Å². The summed E-state index contributed by atoms with van der Waals surface area (Å²) in [5, 5.41) is 11.3. The van der Waals surface area contributed by atoms with Crippen molar-refractivity contribution in [2.75, 3.05) is 12.8 Å². The van der Waals surface area contributed by atoms with E-state index in [1.807, 2.05) is 25.1 Å². The molecule has 0 amide bonds. The molecule has 2 aromatic carbocycles. The minimum absolute atomic E-state index is 0.137. The molecule has 4 aromatic rings. The fourth-order valence-corrected chi connectivity index (χ4v) is 6.50. The molecule has 0 spiro atoms. The molecule has 1 aliphatic rings. The van der Waals surface area contributed by atoms with Gasteiger partial charge in [-0.25, -0.2) is 13.4 Å². The van der Waals surface area contributed by atoms with E-state index in [0.717, 1.165) is 22.4 Å². The third kappa shape index (κ3) is 6.27. The summed E-state index contributed by atoms with van der Waals surface area (Å²) in [4.78, 5) is 24.2. The van der Waals surface area contributed by atoms with Crippen molar-refractivity contribution < 1.29 is 27.8 Å². The van der Waals surface area contributed by atoms with Gasteiger partial charge in [-0.2, -0.15) is 0 Å². The van der Waals surface area contributed by atoms with Crippen molar-refractivity contribution in [3.05, 3.63) is 77.2 Å². The van der Waals surface area contributed by atoms with Crippen LogP contribution in [-0.2, 0) is 21.2 Å². The average molecular weight is 600 g/mol. The molecule has 5 rings (SSSR count). The highest BCUT2D eigenvalue weighted by Gasteiger charge is 2.32. The van der Waals surface area contributed by atoms with Crippen LogP contribution < -0.4 is 9.47 Å². The number of nitrogens with one attached hydrogen (secondary N) is 1. The number of fused-ring (bicyclic) bond motifs is 1. The maximum absolute atomic E-state index is 11.8. The number of halogens is 1. The van der Waals surface area contributed by atoms with Crippen molar-refractivity contribution in [3.63, 3.8) is 0 Å². The lowest BCUT2D eigenvalue weighted by atomic mass is 10.0. The number of aromatic nitrogens is 2. The van der Waals surface area contributed by atoms with Gasteiger partial charge in [-0.15, -0.1) is 0 Å². The molecule has 2 N–H and O–H groups in total. The number of benzene rings is 2. The first-order valence-corrected chi connectivity index (χ1v) is 15.6. The van der Waals surface area contributed by atoms with Gasteiger partial charge in [0.2, 0.25) is 0 Å². The van der Waals surface area contributed by atoms with E-state index in [0.29, 0.717) is 46.6 Å². The van der Waals surface area contributed by atoms with Crippen LogP contribution in [0.2, 0.25) is 5.15 Å². The maximum Gasteiger partial charge on any atom is 0.307 e. The summed E-state index contributed by atoms with van der Waals surface area (Å²) < 4.78 is 35.8. The summed E-state index contributed by atoms with van der Waals surface area (Å²) in [6.07, 6.45) is 1.68. The Balaban J connectivity index is 1.46. The number of aliphatic carboxylic acids is 1. The van der Waals surface area contributed by atoms with Gasteiger partial charge in [-0.05, 0) is 55.0 Å². The standard InChI is InChI=1S/C28H26ClN3O6S2/c1-3-21(28(33)34)24-14-30-27(39-24)22-12-16-11-19(38-18-7-9-20(10-8-18)40(2,35)36)13-23(26(16)32-22)37-15-17-5-4-6-25(29)31-17/h4-13,21,24,32H,3,14-15H2,1-2H3,(H,33,34). The van der Waals surface area contributed by atoms with Gasteiger partial charge in [0.15, 0.2) is 9.84 Å². The highest BCUT2D eigenvalue weighted by Crippen LogP contribution is 2.37. The number of carboxylic acids is 1. The number of rotatable bonds is 10. The highest BCUT2D eigenvalue weighted by molar-refractivity contribution is 8.15. The molecule has 0 saturated carbocycles. The van der Waals surface area contributed by atoms with Crippen molar-refractivity contribution in [1.82, 2.24) is 9.97 Å². The molecule has 3 heterocycles. The van der Waals surface area contributed by atoms with Crippen LogP contribution in [0.25, 0.3) is 10.9 Å². The highest BCUT2D eigenvalue weighted by atomic mass is 35.5. The van der Waals surface area contributed by atoms with E-state index in [-0.39, 0.29) is 16.8 Å². The monoisotopic (exact) mass is 599 g/mol. The summed E-state index contributed by atoms with van der Waals surface area (Å²) in [5.74, 6) is 0.154. The molecule has 2 atom stereocenters. The van der Waals surface area contributed by atoms with Crippen LogP contribution in [0.5, 0.6) is 17.2 Å². The van der Waals surface area contributed by atoms with Gasteiger partial charge in [-0.3, -0.25) is 9.79 Å². The largest absolute Gasteiger partial charge is 0.485 e. The lowest BCUT2D eigenvalue weighted by Gasteiger charge is -2.15. The molecule has 12 heteroatoms. The van der Waals surface area contributed by atoms with Crippen LogP contribution in [0.3, 0.4) is 0 Å². The Labute approximate surface area is 240 Å². The van der Waals surface area contributed by atoms with Crippen molar-refractivity contribution in [1.29, 1.82) is 0 Å². The Hall–Kier alpha value is -3.54. The van der Waals surface area contributed by atoms with Gasteiger partial charge >= 0.3 is 5.97 Å². The van der Waals surface area contributed by atoms with Crippen LogP contribution in [0, 0.1) is 5.92 Å². The number of H-pyrrole nitrogens is 1. The molecule has 0 fully saturated rings. The summed E-state index contributed by atoms with van der Waals surface area (Å²) in [6, 6.07) is 17.0. The Morgan fingerprint density at radius 3 is 2.62 bits per heavy atom. The fourth-order valence-electron chi connectivity index (χ4n) is 4.39. The lowest BCUT2D eigenvalue weighted by Crippen LogP contribution is -2.26. The molecule has 9 nitrogen and oxygen atoms in total. The number of thioether (sulfide) groups is 1. The third-order valence-electron chi connectivity index (χ3n) is 6.42. The number of hydrogen-bond donors (Lipinski definition) is 2. The number of carboxylic acid groups (broad SMARTS) is 1. The number of aliphatic imine (C=N–C) groups is 1. The summed E-state index contributed by atoms with van der Waals surface area (Å²) >= 11 is 7.49. The summed E-state index contributed by atoms with van der Waals surface area (Å²) in [6.45, 7) is 2.46. The van der Waals surface area contributed by atoms with E-state index in [2.05, 4.69) is 15.0 Å². The number of sulfone groups is 1. The SMILES string of the molecule is CCC(C(=O)O)C1CN=C(c2cc3cc(Oc4ccc(S(C)(=O)=O)cc4)cc(OCc4cccc(Cl)n4)c3[nH]2)S1. The smallest absolute Gasteiger partial charge is 0.307 e. The first kappa shape index (κ1) is 28.0. The van der Waals surface area contributed by atoms with Crippen molar-refractivity contribution in [3.8, 4) is 17.2 Å². The topological polar surface area (TPSA) is 131 Å². The maximum atomic E-state index is 11.8. The van der Waals surface area contributed by atoms with Gasteiger partial charge in [0, 0.05) is 23.0 Å². The lowest BCUT2D eigenvalue weighted by molar-refractivity contribution is -0.141. The van der Waals surface area contributed by atoms with Crippen LogP contribution in [0.4, 0.5) is 0 Å². The van der Waals surface area contributed by atoms with E-state index < -0.39 is 21.7 Å². The second kappa shape index (κ2) is 11.5. The quantitative estimate of drug-likeness (QED) is 0.213. The number of nitrogens with zero attached hydrogens (tertiary/aromatic N) is 2. The van der Waals surface area contributed by atoms with E-state index in [4.69, 9.17) is 21.1 Å². The number of ether oxygens (including phenoxy) is 2. The predicted octanol–water partition coefficient (Wildman–Crippen LogP) is 5.96. The molecule has 2 unspecified atom stereocenters. The second-order valence-corrected chi connectivity index (χ2v) is 12.9. The number of hydrogen-bond acceptors (Lipinski definition) is 8. The molecule has 0 saturated heterocycles. The van der Waals surface area contributed by atoms with Gasteiger partial charge < -0.3 is 19.6 Å². The van der Waals surface area contributed by atoms with Crippen LogP contribution >= 0.6 is 23.4 Å². The molecular formula is C28H26ClN3O6S2. The predicted molar refractivity (Wildman–Crippen MR) is 156 cm³/mol. The molecule has 1 aliphatic heterocycles. The van der Waals surface area contributed by atoms with Gasteiger partial charge in [0.25, 0.3) is 0 Å². The van der Waals surface area contributed by atoms with E-state index in [1.54, 1.807) is 30.3 Å².